The molecule has 0 saturated carbocycles. The minimum atomic E-state index is -0.497. The van der Waals surface area contributed by atoms with Gasteiger partial charge in [-0.25, -0.2) is 5.01 Å². The smallest absolute Gasteiger partial charge is 0.272 e. The first kappa shape index (κ1) is 21.9. The second-order valence-electron chi connectivity index (χ2n) is 7.75. The summed E-state index contributed by atoms with van der Waals surface area (Å²) in [5.74, 6) is -2.30. The third-order valence-electron chi connectivity index (χ3n) is 5.75. The minimum absolute atomic E-state index is 0.0593. The highest BCUT2D eigenvalue weighted by Crippen LogP contribution is 2.40. The van der Waals surface area contributed by atoms with Gasteiger partial charge in [0.15, 0.2) is 0 Å². The number of halogens is 3. The summed E-state index contributed by atoms with van der Waals surface area (Å²) in [4.78, 5) is 40.0. The molecule has 0 spiro atoms. The van der Waals surface area contributed by atoms with Gasteiger partial charge in [-0.15, -0.1) is 0 Å². The number of rotatable bonds is 4. The van der Waals surface area contributed by atoms with E-state index in [9.17, 15) is 14.4 Å². The fourth-order valence-electron chi connectivity index (χ4n) is 4.15. The standard InChI is InChI=1S/C23H19Cl3N2O3/c1-13-3-2-4-18-20(13)23(31)28(22(18)30)27(12-15-7-10-17(25)11-19(15)26)21(29)14-5-8-16(24)9-6-14/h2-3,5-11,13,18,20H,4,12H2,1H3/t13-,18+,20-/m1/s1. The second-order valence-corrected chi connectivity index (χ2v) is 9.03. The van der Waals surface area contributed by atoms with Crippen molar-refractivity contribution in [3.63, 3.8) is 0 Å². The molecule has 2 aliphatic rings. The van der Waals surface area contributed by atoms with Crippen LogP contribution in [0.4, 0.5) is 0 Å². The first-order chi connectivity index (χ1) is 14.8. The van der Waals surface area contributed by atoms with E-state index in [1.54, 1.807) is 42.5 Å². The van der Waals surface area contributed by atoms with Crippen LogP contribution in [0.1, 0.15) is 29.3 Å². The second kappa shape index (κ2) is 8.65. The van der Waals surface area contributed by atoms with E-state index in [4.69, 9.17) is 34.8 Å². The van der Waals surface area contributed by atoms with Crippen LogP contribution in [0.5, 0.6) is 0 Å². The first-order valence-electron chi connectivity index (χ1n) is 9.83. The topological polar surface area (TPSA) is 57.7 Å². The van der Waals surface area contributed by atoms with E-state index in [-0.39, 0.29) is 24.3 Å². The number of amides is 3. The Morgan fingerprint density at radius 2 is 1.71 bits per heavy atom. The molecule has 0 aromatic heterocycles. The van der Waals surface area contributed by atoms with Crippen LogP contribution in [0.2, 0.25) is 15.1 Å². The molecule has 1 heterocycles. The molecule has 0 bridgehead atoms. The number of carbonyl (C=O) groups is 3. The summed E-state index contributed by atoms with van der Waals surface area (Å²) in [6.07, 6.45) is 4.33. The highest BCUT2D eigenvalue weighted by molar-refractivity contribution is 6.35. The molecular weight excluding hydrogens is 459 g/mol. The van der Waals surface area contributed by atoms with Crippen molar-refractivity contribution >= 4 is 52.5 Å². The highest BCUT2D eigenvalue weighted by atomic mass is 35.5. The zero-order valence-corrected chi connectivity index (χ0v) is 18.9. The predicted octanol–water partition coefficient (Wildman–Crippen LogP) is 5.40. The monoisotopic (exact) mass is 476 g/mol. The van der Waals surface area contributed by atoms with Gasteiger partial charge in [0.25, 0.3) is 17.7 Å². The molecule has 0 radical (unpaired) electrons. The maximum atomic E-state index is 13.5. The minimum Gasteiger partial charge on any atom is -0.272 e. The summed E-state index contributed by atoms with van der Waals surface area (Å²) in [6, 6.07) is 11.2. The molecule has 2 aromatic carbocycles. The van der Waals surface area contributed by atoms with Crippen LogP contribution in [0, 0.1) is 17.8 Å². The Hall–Kier alpha value is -2.34. The largest absolute Gasteiger partial charge is 0.273 e. The van der Waals surface area contributed by atoms with Gasteiger partial charge in [-0.05, 0) is 54.3 Å². The van der Waals surface area contributed by atoms with Crippen molar-refractivity contribution in [1.29, 1.82) is 0 Å². The van der Waals surface area contributed by atoms with Crippen LogP contribution in [-0.4, -0.2) is 27.7 Å². The molecule has 8 heteroatoms. The summed E-state index contributed by atoms with van der Waals surface area (Å²) in [7, 11) is 0. The lowest BCUT2D eigenvalue weighted by molar-refractivity contribution is -0.155. The molecule has 4 rings (SSSR count). The lowest BCUT2D eigenvalue weighted by atomic mass is 9.78. The van der Waals surface area contributed by atoms with E-state index < -0.39 is 17.7 Å². The summed E-state index contributed by atoms with van der Waals surface area (Å²) >= 11 is 18.3. The number of fused-ring (bicyclic) bond motifs is 1. The summed E-state index contributed by atoms with van der Waals surface area (Å²) in [6.45, 7) is 1.85. The Morgan fingerprint density at radius 3 is 2.35 bits per heavy atom. The van der Waals surface area contributed by atoms with Crippen molar-refractivity contribution in [1.82, 2.24) is 10.0 Å². The van der Waals surface area contributed by atoms with Gasteiger partial charge in [0, 0.05) is 20.6 Å². The summed E-state index contributed by atoms with van der Waals surface area (Å²) in [5, 5.41) is 3.44. The Morgan fingerprint density at radius 1 is 1.03 bits per heavy atom. The van der Waals surface area contributed by atoms with Gasteiger partial charge in [0.05, 0.1) is 18.4 Å². The molecule has 0 N–H and O–H groups in total. The van der Waals surface area contributed by atoms with Gasteiger partial charge in [-0.3, -0.25) is 14.4 Å². The Labute approximate surface area is 195 Å². The Bertz CT molecular complexity index is 1080. The molecule has 1 aliphatic carbocycles. The van der Waals surface area contributed by atoms with Crippen molar-refractivity contribution in [3.05, 3.63) is 80.8 Å². The number of hydrazine groups is 1. The molecule has 1 fully saturated rings. The van der Waals surface area contributed by atoms with Gasteiger partial charge in [-0.1, -0.05) is 59.9 Å². The first-order valence-corrected chi connectivity index (χ1v) is 11.0. The average molecular weight is 478 g/mol. The van der Waals surface area contributed by atoms with Crippen LogP contribution >= 0.6 is 34.8 Å². The Balaban J connectivity index is 1.74. The van der Waals surface area contributed by atoms with E-state index in [0.717, 1.165) is 5.01 Å². The fourth-order valence-corrected chi connectivity index (χ4v) is 4.75. The summed E-state index contributed by atoms with van der Waals surface area (Å²) in [5.41, 5.74) is 0.867. The van der Waals surface area contributed by atoms with E-state index in [0.29, 0.717) is 32.6 Å². The van der Waals surface area contributed by atoms with Crippen molar-refractivity contribution < 1.29 is 14.4 Å². The average Bonchev–Trinajstić information content (AvgIpc) is 2.99. The number of carbonyl (C=O) groups excluding carboxylic acids is 3. The maximum absolute atomic E-state index is 13.5. The van der Waals surface area contributed by atoms with Crippen LogP contribution in [0.3, 0.4) is 0 Å². The lowest BCUT2D eigenvalue weighted by Gasteiger charge is -2.31. The molecule has 2 aromatic rings. The number of allylic oxidation sites excluding steroid dienone is 2. The van der Waals surface area contributed by atoms with Crippen LogP contribution < -0.4 is 0 Å². The van der Waals surface area contributed by atoms with Crippen LogP contribution in [-0.2, 0) is 16.1 Å². The molecule has 0 unspecified atom stereocenters. The SMILES string of the molecule is C[C@@H]1C=CC[C@@H]2C(=O)N(N(Cc3ccc(Cl)cc3Cl)C(=O)c3ccc(Cl)cc3)C(=O)[C@H]12. The number of hydrogen-bond acceptors (Lipinski definition) is 3. The number of hydrogen-bond donors (Lipinski definition) is 0. The molecule has 1 saturated heterocycles. The van der Waals surface area contributed by atoms with Crippen molar-refractivity contribution in [2.45, 2.75) is 19.9 Å². The number of imide groups is 1. The third-order valence-corrected chi connectivity index (χ3v) is 6.59. The van der Waals surface area contributed by atoms with Crippen LogP contribution in [0.25, 0.3) is 0 Å². The van der Waals surface area contributed by atoms with Crippen LogP contribution in [0.15, 0.2) is 54.6 Å². The molecule has 5 nitrogen and oxygen atoms in total. The van der Waals surface area contributed by atoms with Crippen molar-refractivity contribution in [2.75, 3.05) is 0 Å². The molecule has 1 aliphatic heterocycles. The van der Waals surface area contributed by atoms with Crippen molar-refractivity contribution in [3.8, 4) is 0 Å². The van der Waals surface area contributed by atoms with Gasteiger partial charge in [0.1, 0.15) is 0 Å². The third kappa shape index (κ3) is 4.10. The van der Waals surface area contributed by atoms with Gasteiger partial charge in [-0.2, -0.15) is 5.01 Å². The molecule has 3 atom stereocenters. The summed E-state index contributed by atoms with van der Waals surface area (Å²) < 4.78 is 0. The van der Waals surface area contributed by atoms with E-state index in [2.05, 4.69) is 0 Å². The Kier molecular flexibility index (Phi) is 6.11. The lowest BCUT2D eigenvalue weighted by Crippen LogP contribution is -2.50. The zero-order chi connectivity index (χ0) is 22.3. The van der Waals surface area contributed by atoms with Gasteiger partial charge >= 0.3 is 0 Å². The highest BCUT2D eigenvalue weighted by Gasteiger charge is 2.53. The fraction of sp³-hybridized carbons (Fsp3) is 0.261. The van der Waals surface area contributed by atoms with E-state index in [1.165, 1.54) is 5.01 Å². The van der Waals surface area contributed by atoms with Gasteiger partial charge in [0.2, 0.25) is 0 Å². The van der Waals surface area contributed by atoms with Crippen molar-refractivity contribution in [2.24, 2.45) is 17.8 Å². The zero-order valence-electron chi connectivity index (χ0n) is 16.6. The molecule has 3 amide bonds. The number of benzene rings is 2. The normalized spacial score (nSPS) is 22.6. The maximum Gasteiger partial charge on any atom is 0.273 e. The van der Waals surface area contributed by atoms with E-state index >= 15 is 0 Å². The predicted molar refractivity (Wildman–Crippen MR) is 120 cm³/mol. The number of nitrogens with zero attached hydrogens (tertiary/aromatic N) is 2. The molecular formula is C23H19Cl3N2O3. The van der Waals surface area contributed by atoms with E-state index in [1.807, 2.05) is 19.1 Å². The molecule has 160 valence electrons. The van der Waals surface area contributed by atoms with Gasteiger partial charge < -0.3 is 0 Å². The molecule has 31 heavy (non-hydrogen) atoms. The quantitative estimate of drug-likeness (QED) is 0.437.